The van der Waals surface area contributed by atoms with E-state index in [-0.39, 0.29) is 11.3 Å². The number of carbonyl (C=O) groups is 1. The van der Waals surface area contributed by atoms with E-state index in [9.17, 15) is 20.0 Å². The molecule has 0 radical (unpaired) electrons. The van der Waals surface area contributed by atoms with Crippen LogP contribution in [0.4, 0.5) is 5.69 Å². The van der Waals surface area contributed by atoms with Gasteiger partial charge in [-0.1, -0.05) is 12.1 Å². The van der Waals surface area contributed by atoms with Crippen molar-refractivity contribution >= 4 is 11.7 Å². The average Bonchev–Trinajstić information content (AvgIpc) is 2.27. The van der Waals surface area contributed by atoms with Gasteiger partial charge < -0.3 is 15.9 Å². The lowest BCUT2D eigenvalue weighted by molar-refractivity contribution is -0.385. The second-order valence-corrected chi connectivity index (χ2v) is 4.01. The van der Waals surface area contributed by atoms with Crippen LogP contribution in [0, 0.1) is 17.0 Å². The van der Waals surface area contributed by atoms with E-state index in [1.54, 1.807) is 6.92 Å². The summed E-state index contributed by atoms with van der Waals surface area (Å²) in [7, 11) is 0. The first-order chi connectivity index (χ1) is 8.32. The normalized spacial score (nSPS) is 13.9. The molecule has 7 nitrogen and oxygen atoms in total. The Hall–Kier alpha value is -1.99. The van der Waals surface area contributed by atoms with E-state index in [1.165, 1.54) is 18.2 Å². The Balaban J connectivity index is 2.99. The fourth-order valence-corrected chi connectivity index (χ4v) is 1.57. The molecular weight excluding hydrogens is 240 g/mol. The van der Waals surface area contributed by atoms with Gasteiger partial charge in [0.05, 0.1) is 17.4 Å². The number of rotatable bonds is 5. The Labute approximate surface area is 103 Å². The first-order valence-electron chi connectivity index (χ1n) is 5.23. The number of hydrogen-bond donors (Lipinski definition) is 3. The van der Waals surface area contributed by atoms with Crippen molar-refractivity contribution < 1.29 is 19.9 Å². The summed E-state index contributed by atoms with van der Waals surface area (Å²) in [4.78, 5) is 20.7. The number of nitrogens with zero attached hydrogens (tertiary/aromatic N) is 1. The van der Waals surface area contributed by atoms with Gasteiger partial charge in [-0.15, -0.1) is 0 Å². The zero-order valence-electron chi connectivity index (χ0n) is 9.74. The van der Waals surface area contributed by atoms with Gasteiger partial charge in [-0.3, -0.25) is 14.9 Å². The van der Waals surface area contributed by atoms with Gasteiger partial charge in [0.1, 0.15) is 0 Å². The third-order valence-corrected chi connectivity index (χ3v) is 2.59. The largest absolute Gasteiger partial charge is 0.481 e. The Morgan fingerprint density at radius 3 is 2.67 bits per heavy atom. The molecule has 0 aliphatic rings. The number of hydrogen-bond acceptors (Lipinski definition) is 5. The van der Waals surface area contributed by atoms with Crippen LogP contribution in [0.5, 0.6) is 0 Å². The van der Waals surface area contributed by atoms with Crippen LogP contribution in [-0.4, -0.2) is 27.1 Å². The summed E-state index contributed by atoms with van der Waals surface area (Å²) in [5.74, 6) is -1.14. The predicted molar refractivity (Wildman–Crippen MR) is 63.0 cm³/mol. The highest BCUT2D eigenvalue weighted by Gasteiger charge is 2.22. The molecule has 0 aliphatic carbocycles. The van der Waals surface area contributed by atoms with Crippen LogP contribution in [-0.2, 0) is 4.79 Å². The lowest BCUT2D eigenvalue weighted by atomic mass is 9.98. The topological polar surface area (TPSA) is 127 Å². The Bertz CT molecular complexity index is 475. The van der Waals surface area contributed by atoms with Gasteiger partial charge in [-0.2, -0.15) is 0 Å². The second kappa shape index (κ2) is 5.56. The second-order valence-electron chi connectivity index (χ2n) is 4.01. The summed E-state index contributed by atoms with van der Waals surface area (Å²) >= 11 is 0. The average molecular weight is 254 g/mol. The van der Waals surface area contributed by atoms with Crippen molar-refractivity contribution in [2.45, 2.75) is 25.5 Å². The molecule has 98 valence electrons. The first-order valence-corrected chi connectivity index (χ1v) is 5.23. The molecule has 0 spiro atoms. The van der Waals surface area contributed by atoms with Crippen LogP contribution in [0.2, 0.25) is 0 Å². The van der Waals surface area contributed by atoms with Gasteiger partial charge in [-0.05, 0) is 12.5 Å². The molecule has 2 unspecified atom stereocenters. The van der Waals surface area contributed by atoms with Crippen LogP contribution >= 0.6 is 0 Å². The number of nitrogens with two attached hydrogens (primary N) is 1. The van der Waals surface area contributed by atoms with E-state index in [0.29, 0.717) is 5.56 Å². The molecule has 0 aliphatic heterocycles. The molecule has 0 aromatic heterocycles. The molecule has 0 saturated carbocycles. The highest BCUT2D eigenvalue weighted by molar-refractivity contribution is 5.67. The van der Waals surface area contributed by atoms with E-state index in [4.69, 9.17) is 10.8 Å². The number of nitro groups is 1. The molecule has 0 heterocycles. The number of carboxylic acid groups (broad SMARTS) is 1. The first kappa shape index (κ1) is 14.1. The SMILES string of the molecule is Cc1ccc(C(O)C(N)CC(=O)O)cc1[N+](=O)[O-]. The van der Waals surface area contributed by atoms with Crippen molar-refractivity contribution in [3.8, 4) is 0 Å². The minimum absolute atomic E-state index is 0.130. The molecular formula is C11H14N2O5. The lowest BCUT2D eigenvalue weighted by Gasteiger charge is -2.17. The number of aliphatic hydroxyl groups excluding tert-OH is 1. The number of benzene rings is 1. The fourth-order valence-electron chi connectivity index (χ4n) is 1.57. The van der Waals surface area contributed by atoms with Crippen molar-refractivity contribution in [2.75, 3.05) is 0 Å². The zero-order chi connectivity index (χ0) is 13.9. The smallest absolute Gasteiger partial charge is 0.305 e. The van der Waals surface area contributed by atoms with E-state index < -0.39 is 29.5 Å². The number of carboxylic acids is 1. The molecule has 18 heavy (non-hydrogen) atoms. The Morgan fingerprint density at radius 2 is 2.17 bits per heavy atom. The van der Waals surface area contributed by atoms with E-state index in [1.807, 2.05) is 0 Å². The molecule has 0 saturated heterocycles. The molecule has 0 amide bonds. The maximum Gasteiger partial charge on any atom is 0.305 e. The Kier molecular flexibility index (Phi) is 4.35. The quantitative estimate of drug-likeness (QED) is 0.525. The maximum absolute atomic E-state index is 10.7. The summed E-state index contributed by atoms with van der Waals surface area (Å²) in [6, 6.07) is 3.19. The van der Waals surface area contributed by atoms with Crippen LogP contribution in [0.25, 0.3) is 0 Å². The molecule has 7 heteroatoms. The zero-order valence-corrected chi connectivity index (χ0v) is 9.74. The fraction of sp³-hybridized carbons (Fsp3) is 0.364. The summed E-state index contributed by atoms with van der Waals surface area (Å²) in [5, 5.41) is 29.1. The van der Waals surface area contributed by atoms with Gasteiger partial charge >= 0.3 is 5.97 Å². The van der Waals surface area contributed by atoms with E-state index >= 15 is 0 Å². The lowest BCUT2D eigenvalue weighted by Crippen LogP contribution is -2.31. The van der Waals surface area contributed by atoms with Gasteiger partial charge in [0, 0.05) is 17.7 Å². The van der Waals surface area contributed by atoms with E-state index in [2.05, 4.69) is 0 Å². The predicted octanol–water partition coefficient (Wildman–Crippen LogP) is 0.739. The maximum atomic E-state index is 10.7. The number of aliphatic hydroxyl groups is 1. The van der Waals surface area contributed by atoms with Crippen molar-refractivity contribution in [3.05, 3.63) is 39.4 Å². The van der Waals surface area contributed by atoms with Crippen molar-refractivity contribution in [2.24, 2.45) is 5.73 Å². The van der Waals surface area contributed by atoms with Gasteiger partial charge in [0.2, 0.25) is 0 Å². The third-order valence-electron chi connectivity index (χ3n) is 2.59. The molecule has 1 rings (SSSR count). The van der Waals surface area contributed by atoms with Gasteiger partial charge in [0.25, 0.3) is 5.69 Å². The monoisotopic (exact) mass is 254 g/mol. The minimum atomic E-state index is -1.25. The van der Waals surface area contributed by atoms with Gasteiger partial charge in [0.15, 0.2) is 0 Å². The number of aryl methyl sites for hydroxylation is 1. The van der Waals surface area contributed by atoms with Crippen LogP contribution in [0.3, 0.4) is 0 Å². The molecule has 0 bridgehead atoms. The highest BCUT2D eigenvalue weighted by Crippen LogP contribution is 2.25. The number of nitro benzene ring substituents is 1. The van der Waals surface area contributed by atoms with Crippen LogP contribution in [0.15, 0.2) is 18.2 Å². The summed E-state index contributed by atoms with van der Waals surface area (Å²) < 4.78 is 0. The van der Waals surface area contributed by atoms with Crippen molar-refractivity contribution in [1.29, 1.82) is 0 Å². The van der Waals surface area contributed by atoms with E-state index in [0.717, 1.165) is 0 Å². The Morgan fingerprint density at radius 1 is 1.56 bits per heavy atom. The van der Waals surface area contributed by atoms with Crippen molar-refractivity contribution in [1.82, 2.24) is 0 Å². The summed E-state index contributed by atoms with van der Waals surface area (Å²) in [6.07, 6.45) is -1.66. The standard InChI is InChI=1S/C11H14N2O5/c1-6-2-3-7(4-9(6)13(17)18)11(16)8(12)5-10(14)15/h2-4,8,11,16H,5,12H2,1H3,(H,14,15). The highest BCUT2D eigenvalue weighted by atomic mass is 16.6. The summed E-state index contributed by atoms with van der Waals surface area (Å²) in [6.45, 7) is 1.57. The molecule has 2 atom stereocenters. The van der Waals surface area contributed by atoms with Crippen LogP contribution < -0.4 is 5.73 Å². The molecule has 1 aromatic rings. The molecule has 0 fully saturated rings. The molecule has 4 N–H and O–H groups in total. The third kappa shape index (κ3) is 3.25. The van der Waals surface area contributed by atoms with Crippen LogP contribution in [0.1, 0.15) is 23.7 Å². The minimum Gasteiger partial charge on any atom is -0.481 e. The molecule has 1 aromatic carbocycles. The van der Waals surface area contributed by atoms with Gasteiger partial charge in [-0.25, -0.2) is 0 Å². The summed E-state index contributed by atoms with van der Waals surface area (Å²) in [5.41, 5.74) is 6.08. The number of aliphatic carboxylic acids is 1. The van der Waals surface area contributed by atoms with Crippen molar-refractivity contribution in [3.63, 3.8) is 0 Å².